The molecule has 4 N–H and O–H groups in total. The highest BCUT2D eigenvalue weighted by Gasteiger charge is 2.23. The van der Waals surface area contributed by atoms with Crippen LogP contribution >= 0.6 is 15.9 Å². The van der Waals surface area contributed by atoms with Crippen LogP contribution in [-0.2, 0) is 13.1 Å². The average Bonchev–Trinajstić information content (AvgIpc) is 3.09. The zero-order valence-corrected chi connectivity index (χ0v) is 15.9. The van der Waals surface area contributed by atoms with Crippen molar-refractivity contribution in [3.63, 3.8) is 0 Å². The molecule has 8 nitrogen and oxygen atoms in total. The Kier molecular flexibility index (Phi) is 4.83. The van der Waals surface area contributed by atoms with Crippen LogP contribution in [0.2, 0.25) is 0 Å². The van der Waals surface area contributed by atoms with E-state index in [1.807, 2.05) is 29.3 Å². The molecule has 2 heterocycles. The van der Waals surface area contributed by atoms with Gasteiger partial charge in [0.1, 0.15) is 5.75 Å². The maximum absolute atomic E-state index is 12.7. The lowest BCUT2D eigenvalue weighted by molar-refractivity contribution is 0.224. The Labute approximate surface area is 162 Å². The third-order valence-corrected chi connectivity index (χ3v) is 5.08. The van der Waals surface area contributed by atoms with Crippen LogP contribution in [-0.4, -0.2) is 32.3 Å². The van der Waals surface area contributed by atoms with Crippen LogP contribution in [0.15, 0.2) is 56.5 Å². The van der Waals surface area contributed by atoms with Crippen LogP contribution in [0.5, 0.6) is 5.75 Å². The van der Waals surface area contributed by atoms with E-state index in [1.165, 1.54) is 6.07 Å². The number of benzene rings is 2. The molecule has 1 saturated heterocycles. The topological polar surface area (TPSA) is 102 Å². The second kappa shape index (κ2) is 7.28. The molecule has 0 radical (unpaired) electrons. The molecular formula is C18H18BrN5O3. The quantitative estimate of drug-likeness (QED) is 0.492. The van der Waals surface area contributed by atoms with Gasteiger partial charge in [-0.05, 0) is 29.8 Å². The van der Waals surface area contributed by atoms with E-state index in [2.05, 4.69) is 31.9 Å². The number of aromatic hydroxyl groups is 1. The molecule has 2 aromatic carbocycles. The van der Waals surface area contributed by atoms with Crippen LogP contribution in [0.4, 0.5) is 0 Å². The van der Waals surface area contributed by atoms with Gasteiger partial charge in [-0.2, -0.15) is 5.53 Å². The van der Waals surface area contributed by atoms with Crippen molar-refractivity contribution in [2.75, 3.05) is 6.54 Å². The molecular weight excluding hydrogens is 414 g/mol. The van der Waals surface area contributed by atoms with E-state index in [0.29, 0.717) is 13.1 Å². The highest BCUT2D eigenvalue weighted by atomic mass is 79.9. The van der Waals surface area contributed by atoms with Gasteiger partial charge in [0.25, 0.3) is 5.56 Å². The van der Waals surface area contributed by atoms with Gasteiger partial charge in [0, 0.05) is 24.1 Å². The van der Waals surface area contributed by atoms with Crippen molar-refractivity contribution in [3.05, 3.63) is 73.3 Å². The van der Waals surface area contributed by atoms with E-state index in [9.17, 15) is 14.7 Å². The van der Waals surface area contributed by atoms with Crippen LogP contribution in [0.1, 0.15) is 5.56 Å². The van der Waals surface area contributed by atoms with E-state index >= 15 is 0 Å². The molecule has 27 heavy (non-hydrogen) atoms. The standard InChI is InChI=1S/C18H18BrN5O3/c19-12-6-4-11(5-7-12)8-23-9-13(21-22-23)10-24-17(26)14-2-1-3-15(25)16(14)20-18(24)27/h1-7,13,21-22,25H,8-10H2,(H,20,27). The Morgan fingerprint density at radius 2 is 1.93 bits per heavy atom. The van der Waals surface area contributed by atoms with Gasteiger partial charge in [-0.15, -0.1) is 0 Å². The third kappa shape index (κ3) is 3.67. The second-order valence-electron chi connectivity index (χ2n) is 6.51. The lowest BCUT2D eigenvalue weighted by Gasteiger charge is -2.14. The lowest BCUT2D eigenvalue weighted by atomic mass is 10.2. The van der Waals surface area contributed by atoms with Gasteiger partial charge in [0.15, 0.2) is 0 Å². The Morgan fingerprint density at radius 1 is 1.15 bits per heavy atom. The third-order valence-electron chi connectivity index (χ3n) is 4.55. The SMILES string of the molecule is O=c1[nH]c2c(O)cccc2c(=O)n1CC1CN(Cc2ccc(Br)cc2)NN1. The van der Waals surface area contributed by atoms with Gasteiger partial charge in [0.05, 0.1) is 16.9 Å². The molecule has 0 spiro atoms. The van der Waals surface area contributed by atoms with E-state index in [1.54, 1.807) is 12.1 Å². The first kappa shape index (κ1) is 17.9. The van der Waals surface area contributed by atoms with Crippen molar-refractivity contribution in [2.45, 2.75) is 19.1 Å². The Hall–Kier alpha value is -2.46. The number of rotatable bonds is 4. The largest absolute Gasteiger partial charge is 0.506 e. The van der Waals surface area contributed by atoms with Crippen molar-refractivity contribution in [1.82, 2.24) is 25.5 Å². The number of hydrazine groups is 2. The zero-order valence-electron chi connectivity index (χ0n) is 14.3. The number of nitrogens with one attached hydrogen (secondary N) is 3. The normalized spacial score (nSPS) is 17.6. The van der Waals surface area contributed by atoms with E-state index in [4.69, 9.17) is 0 Å². The maximum atomic E-state index is 12.7. The Balaban J connectivity index is 1.51. The molecule has 4 rings (SSSR count). The molecule has 1 aromatic heterocycles. The summed E-state index contributed by atoms with van der Waals surface area (Å²) in [5.74, 6) is -0.116. The second-order valence-corrected chi connectivity index (χ2v) is 7.42. The number of fused-ring (bicyclic) bond motifs is 1. The van der Waals surface area contributed by atoms with Crippen molar-refractivity contribution in [1.29, 1.82) is 0 Å². The molecule has 0 amide bonds. The van der Waals surface area contributed by atoms with E-state index in [-0.39, 0.29) is 29.2 Å². The summed E-state index contributed by atoms with van der Waals surface area (Å²) in [6.07, 6.45) is 0. The number of nitrogens with zero attached hydrogens (tertiary/aromatic N) is 2. The summed E-state index contributed by atoms with van der Waals surface area (Å²) >= 11 is 3.42. The first-order valence-corrected chi connectivity index (χ1v) is 9.26. The number of aromatic amines is 1. The molecule has 1 atom stereocenters. The molecule has 0 saturated carbocycles. The van der Waals surface area contributed by atoms with Crippen LogP contribution in [0, 0.1) is 0 Å². The summed E-state index contributed by atoms with van der Waals surface area (Å²) in [5, 5.41) is 12.1. The van der Waals surface area contributed by atoms with Gasteiger partial charge in [-0.25, -0.2) is 15.2 Å². The summed E-state index contributed by atoms with van der Waals surface area (Å²) in [7, 11) is 0. The average molecular weight is 432 g/mol. The van der Waals surface area contributed by atoms with Gasteiger partial charge >= 0.3 is 5.69 Å². The van der Waals surface area contributed by atoms with Crippen molar-refractivity contribution < 1.29 is 5.11 Å². The minimum absolute atomic E-state index is 0.116. The van der Waals surface area contributed by atoms with Gasteiger partial charge in [-0.1, -0.05) is 34.1 Å². The van der Waals surface area contributed by atoms with Crippen LogP contribution < -0.4 is 22.2 Å². The number of hydrogen-bond donors (Lipinski definition) is 4. The zero-order chi connectivity index (χ0) is 19.0. The fraction of sp³-hybridized carbons (Fsp3) is 0.222. The first-order chi connectivity index (χ1) is 13.0. The van der Waals surface area contributed by atoms with Crippen molar-refractivity contribution in [2.24, 2.45) is 0 Å². The maximum Gasteiger partial charge on any atom is 0.328 e. The van der Waals surface area contributed by atoms with Crippen molar-refractivity contribution in [3.8, 4) is 5.75 Å². The summed E-state index contributed by atoms with van der Waals surface area (Å²) < 4.78 is 2.18. The smallest absolute Gasteiger partial charge is 0.328 e. The Bertz CT molecular complexity index is 1090. The van der Waals surface area contributed by atoms with Crippen molar-refractivity contribution >= 4 is 26.8 Å². The highest BCUT2D eigenvalue weighted by Crippen LogP contribution is 2.18. The number of hydrogen-bond acceptors (Lipinski definition) is 6. The number of halogens is 1. The van der Waals surface area contributed by atoms with E-state index in [0.717, 1.165) is 14.6 Å². The number of para-hydroxylation sites is 1. The fourth-order valence-corrected chi connectivity index (χ4v) is 3.47. The number of aromatic nitrogens is 2. The Morgan fingerprint density at radius 3 is 2.70 bits per heavy atom. The molecule has 3 aromatic rings. The number of H-pyrrole nitrogens is 1. The molecule has 1 aliphatic heterocycles. The molecule has 1 aliphatic rings. The summed E-state index contributed by atoms with van der Waals surface area (Å²) in [6, 6.07) is 12.5. The lowest BCUT2D eigenvalue weighted by Crippen LogP contribution is -2.43. The minimum atomic E-state index is -0.540. The highest BCUT2D eigenvalue weighted by molar-refractivity contribution is 9.10. The molecule has 0 aliphatic carbocycles. The molecule has 9 heteroatoms. The monoisotopic (exact) mass is 431 g/mol. The van der Waals surface area contributed by atoms with Crippen LogP contribution in [0.25, 0.3) is 10.9 Å². The first-order valence-electron chi connectivity index (χ1n) is 8.46. The minimum Gasteiger partial charge on any atom is -0.506 e. The van der Waals surface area contributed by atoms with Gasteiger partial charge in [0.2, 0.25) is 0 Å². The summed E-state index contributed by atoms with van der Waals surface area (Å²) in [6.45, 7) is 1.53. The predicted molar refractivity (Wildman–Crippen MR) is 105 cm³/mol. The van der Waals surface area contributed by atoms with Crippen LogP contribution in [0.3, 0.4) is 0 Å². The fourth-order valence-electron chi connectivity index (χ4n) is 3.21. The molecule has 1 unspecified atom stereocenters. The predicted octanol–water partition coefficient (Wildman–Crippen LogP) is 1.05. The molecule has 0 bridgehead atoms. The van der Waals surface area contributed by atoms with Gasteiger partial charge < -0.3 is 10.1 Å². The summed E-state index contributed by atoms with van der Waals surface area (Å²) in [4.78, 5) is 27.6. The molecule has 140 valence electrons. The van der Waals surface area contributed by atoms with E-state index < -0.39 is 11.2 Å². The number of phenols is 1. The summed E-state index contributed by atoms with van der Waals surface area (Å²) in [5.41, 5.74) is 6.53. The van der Waals surface area contributed by atoms with Gasteiger partial charge in [-0.3, -0.25) is 9.36 Å². The number of phenolic OH excluding ortho intramolecular Hbond substituents is 1. The molecule has 1 fully saturated rings.